The summed E-state index contributed by atoms with van der Waals surface area (Å²) in [6.07, 6.45) is 7.57. The lowest BCUT2D eigenvalue weighted by molar-refractivity contribution is 0.0985. The van der Waals surface area contributed by atoms with Crippen molar-refractivity contribution in [1.82, 2.24) is 9.97 Å². The van der Waals surface area contributed by atoms with Crippen LogP contribution in [0.4, 0.5) is 5.82 Å². The Morgan fingerprint density at radius 1 is 1.46 bits per heavy atom. The summed E-state index contributed by atoms with van der Waals surface area (Å²) in [4.78, 5) is 15.9. The number of morpholine rings is 1. The summed E-state index contributed by atoms with van der Waals surface area (Å²) in [6, 6.07) is 4.02. The molecule has 1 saturated heterocycles. The van der Waals surface area contributed by atoms with E-state index in [1.54, 1.807) is 25.4 Å². The number of ether oxygens (including phenoxy) is 1. The average molecular weight is 379 g/mol. The largest absolute Gasteiger partial charge is 0.405 e. The number of aliphatic imine (C=N–C) groups is 1. The third kappa shape index (κ3) is 3.72. The van der Waals surface area contributed by atoms with E-state index in [9.17, 15) is 0 Å². The van der Waals surface area contributed by atoms with E-state index in [1.807, 2.05) is 12.1 Å². The molecule has 0 unspecified atom stereocenters. The van der Waals surface area contributed by atoms with Crippen molar-refractivity contribution in [3.63, 3.8) is 0 Å². The fraction of sp³-hybridized carbons (Fsp3) is 0.300. The second-order valence-electron chi connectivity index (χ2n) is 6.46. The topological polar surface area (TPSA) is 126 Å². The highest BCUT2D eigenvalue weighted by atomic mass is 16.5. The molecule has 5 N–H and O–H groups in total. The normalized spacial score (nSPS) is 18.8. The van der Waals surface area contributed by atoms with E-state index >= 15 is 0 Å². The molecule has 0 aromatic carbocycles. The van der Waals surface area contributed by atoms with Crippen LogP contribution in [-0.4, -0.2) is 54.7 Å². The number of anilines is 1. The van der Waals surface area contributed by atoms with E-state index in [4.69, 9.17) is 26.6 Å². The molecule has 28 heavy (non-hydrogen) atoms. The third-order valence-corrected chi connectivity index (χ3v) is 4.69. The maximum atomic E-state index is 7.39. The molecule has 1 aliphatic rings. The molecule has 2 aromatic rings. The Bertz CT molecular complexity index is 964. The highest BCUT2D eigenvalue weighted by Gasteiger charge is 2.23. The molecule has 3 heterocycles. The summed E-state index contributed by atoms with van der Waals surface area (Å²) in [7, 11) is 1.69. The lowest BCUT2D eigenvalue weighted by atomic mass is 10.0. The summed E-state index contributed by atoms with van der Waals surface area (Å²) >= 11 is 0. The van der Waals surface area contributed by atoms with Gasteiger partial charge in [0.1, 0.15) is 17.0 Å². The predicted octanol–water partition coefficient (Wildman–Crippen LogP) is 1.70. The molecule has 0 spiro atoms. The smallest absolute Gasteiger partial charge is 0.130 e. The van der Waals surface area contributed by atoms with Gasteiger partial charge in [-0.3, -0.25) is 9.98 Å². The first-order chi connectivity index (χ1) is 13.6. The van der Waals surface area contributed by atoms with Gasteiger partial charge in [0.2, 0.25) is 0 Å². The molecule has 2 aromatic heterocycles. The third-order valence-electron chi connectivity index (χ3n) is 4.69. The zero-order valence-corrected chi connectivity index (χ0v) is 16.1. The number of nitrogens with zero attached hydrogens (tertiary/aromatic N) is 4. The monoisotopic (exact) mass is 379 g/mol. The summed E-state index contributed by atoms with van der Waals surface area (Å²) in [6.45, 7) is 4.11. The number of aromatic nitrogens is 2. The zero-order valence-electron chi connectivity index (χ0n) is 16.1. The fourth-order valence-electron chi connectivity index (χ4n) is 3.31. The van der Waals surface area contributed by atoms with Gasteiger partial charge in [-0.25, -0.2) is 4.98 Å². The van der Waals surface area contributed by atoms with Gasteiger partial charge in [-0.1, -0.05) is 0 Å². The predicted molar refractivity (Wildman–Crippen MR) is 114 cm³/mol. The number of nitrogens with two attached hydrogens (primary N) is 2. The SMILES string of the molecule is CN=C(C=CN)c1nccc2c(/C(N)=C/C=N)cc(N3CCOC[C@H]3C)nc12. The first kappa shape index (κ1) is 19.5. The van der Waals surface area contributed by atoms with Crippen LogP contribution in [0.2, 0.25) is 0 Å². The highest BCUT2D eigenvalue weighted by Crippen LogP contribution is 2.29. The molecule has 1 aliphatic heterocycles. The van der Waals surface area contributed by atoms with Crippen molar-refractivity contribution in [3.8, 4) is 0 Å². The summed E-state index contributed by atoms with van der Waals surface area (Å²) in [5.74, 6) is 0.793. The minimum Gasteiger partial charge on any atom is -0.405 e. The van der Waals surface area contributed by atoms with E-state index in [1.165, 1.54) is 12.4 Å². The second-order valence-corrected chi connectivity index (χ2v) is 6.46. The Morgan fingerprint density at radius 3 is 2.96 bits per heavy atom. The van der Waals surface area contributed by atoms with E-state index in [2.05, 4.69) is 21.8 Å². The van der Waals surface area contributed by atoms with Crippen molar-refractivity contribution in [3.05, 3.63) is 47.9 Å². The lowest BCUT2D eigenvalue weighted by Crippen LogP contribution is -2.44. The van der Waals surface area contributed by atoms with Gasteiger partial charge < -0.3 is 26.5 Å². The molecule has 0 aliphatic carbocycles. The molecule has 8 nitrogen and oxygen atoms in total. The Balaban J connectivity index is 2.31. The molecule has 3 rings (SSSR count). The molecule has 0 amide bonds. The van der Waals surface area contributed by atoms with Crippen LogP contribution >= 0.6 is 0 Å². The van der Waals surface area contributed by atoms with Gasteiger partial charge in [0, 0.05) is 42.7 Å². The summed E-state index contributed by atoms with van der Waals surface area (Å²) in [5, 5.41) is 8.23. The Kier molecular flexibility index (Phi) is 6.00. The van der Waals surface area contributed by atoms with Gasteiger partial charge in [-0.15, -0.1) is 0 Å². The first-order valence-electron chi connectivity index (χ1n) is 9.06. The molecule has 1 atom stereocenters. The first-order valence-corrected chi connectivity index (χ1v) is 9.06. The fourth-order valence-corrected chi connectivity index (χ4v) is 3.31. The van der Waals surface area contributed by atoms with Crippen molar-refractivity contribution in [2.45, 2.75) is 13.0 Å². The van der Waals surface area contributed by atoms with Crippen LogP contribution in [0.1, 0.15) is 18.2 Å². The van der Waals surface area contributed by atoms with Crippen LogP contribution in [0.3, 0.4) is 0 Å². The van der Waals surface area contributed by atoms with Gasteiger partial charge >= 0.3 is 0 Å². The number of hydrogen-bond acceptors (Lipinski definition) is 8. The van der Waals surface area contributed by atoms with Crippen LogP contribution in [0.25, 0.3) is 16.6 Å². The van der Waals surface area contributed by atoms with Crippen molar-refractivity contribution in [2.24, 2.45) is 16.5 Å². The highest BCUT2D eigenvalue weighted by molar-refractivity contribution is 6.15. The van der Waals surface area contributed by atoms with Crippen LogP contribution in [-0.2, 0) is 4.74 Å². The number of nitrogens with one attached hydrogen (secondary N) is 1. The lowest BCUT2D eigenvalue weighted by Gasteiger charge is -2.34. The van der Waals surface area contributed by atoms with Crippen molar-refractivity contribution in [1.29, 1.82) is 5.41 Å². The van der Waals surface area contributed by atoms with E-state index in [-0.39, 0.29) is 6.04 Å². The number of rotatable bonds is 5. The van der Waals surface area contributed by atoms with E-state index < -0.39 is 0 Å². The molecular weight excluding hydrogens is 354 g/mol. The molecule has 0 bridgehead atoms. The molecule has 8 heteroatoms. The average Bonchev–Trinajstić information content (AvgIpc) is 2.71. The van der Waals surface area contributed by atoms with E-state index in [0.717, 1.165) is 23.3 Å². The summed E-state index contributed by atoms with van der Waals surface area (Å²) < 4.78 is 5.56. The van der Waals surface area contributed by atoms with Gasteiger partial charge in [0.25, 0.3) is 0 Å². The van der Waals surface area contributed by atoms with Crippen LogP contribution in [0, 0.1) is 5.41 Å². The molecule has 1 fully saturated rings. The molecule has 0 radical (unpaired) electrons. The number of fused-ring (bicyclic) bond motifs is 1. The Hall–Kier alpha value is -3.26. The number of allylic oxidation sites excluding steroid dienone is 2. The minimum absolute atomic E-state index is 0.183. The molecule has 0 saturated carbocycles. The van der Waals surface area contributed by atoms with Crippen molar-refractivity contribution in [2.75, 3.05) is 31.7 Å². The molecule has 146 valence electrons. The quantitative estimate of drug-likeness (QED) is 0.679. The Morgan fingerprint density at radius 2 is 2.29 bits per heavy atom. The van der Waals surface area contributed by atoms with Crippen LogP contribution in [0.15, 0.2) is 41.7 Å². The van der Waals surface area contributed by atoms with Gasteiger partial charge in [0.15, 0.2) is 0 Å². The summed E-state index contributed by atoms with van der Waals surface area (Å²) in [5.41, 5.74) is 15.1. The number of hydrogen-bond donors (Lipinski definition) is 3. The van der Waals surface area contributed by atoms with Gasteiger partial charge in [0.05, 0.1) is 25.0 Å². The second kappa shape index (κ2) is 8.62. The maximum absolute atomic E-state index is 7.39. The standard InChI is InChI=1S/C20H25N7O/c1-13-12-28-10-9-27(13)18-11-15(16(23)3-6-21)14-5-8-25-20(19(14)26-18)17(24-2)4-7-22/h3-8,11,13,21H,9-10,12,22-23H2,1-2H3/b7-4?,16-3-,21-6?,24-17?/t13-/m1/s1. The van der Waals surface area contributed by atoms with Crippen LogP contribution < -0.4 is 16.4 Å². The number of pyridine rings is 2. The van der Waals surface area contributed by atoms with Gasteiger partial charge in [-0.2, -0.15) is 0 Å². The van der Waals surface area contributed by atoms with Gasteiger partial charge in [-0.05, 0) is 37.4 Å². The van der Waals surface area contributed by atoms with Crippen molar-refractivity contribution < 1.29 is 4.74 Å². The van der Waals surface area contributed by atoms with Crippen molar-refractivity contribution >= 4 is 34.3 Å². The van der Waals surface area contributed by atoms with Crippen LogP contribution in [0.5, 0.6) is 0 Å². The Labute approximate surface area is 164 Å². The van der Waals surface area contributed by atoms with E-state index in [0.29, 0.717) is 35.8 Å². The molecular formula is C20H25N7O. The minimum atomic E-state index is 0.183. The maximum Gasteiger partial charge on any atom is 0.130 e. The zero-order chi connectivity index (χ0) is 20.1.